The third kappa shape index (κ3) is 5.03. The Hall–Kier alpha value is -1.56. The lowest BCUT2D eigenvalue weighted by molar-refractivity contribution is -0.0824. The Morgan fingerprint density at radius 3 is 2.85 bits per heavy atom. The zero-order valence-corrected chi connectivity index (χ0v) is 17.7. The minimum atomic E-state index is 0.165. The first kappa shape index (κ1) is 20.2. The zero-order valence-electron chi connectivity index (χ0n) is 17.7. The summed E-state index contributed by atoms with van der Waals surface area (Å²) in [6, 6.07) is 0. The number of hydrogen-bond donors (Lipinski definition) is 1. The van der Waals surface area contributed by atoms with E-state index in [1.165, 1.54) is 12.0 Å². The van der Waals surface area contributed by atoms with Crippen LogP contribution in [-0.4, -0.2) is 59.5 Å². The molecule has 0 saturated carbocycles. The van der Waals surface area contributed by atoms with Gasteiger partial charge >= 0.3 is 0 Å². The summed E-state index contributed by atoms with van der Waals surface area (Å²) in [4.78, 5) is 7.46. The molecule has 152 valence electrons. The summed E-state index contributed by atoms with van der Waals surface area (Å²) in [5, 5.41) is 7.84. The number of aromatic nitrogens is 2. The van der Waals surface area contributed by atoms with Crippen molar-refractivity contribution in [1.29, 1.82) is 0 Å². The lowest BCUT2D eigenvalue weighted by Gasteiger charge is -2.39. The van der Waals surface area contributed by atoms with Gasteiger partial charge in [0.1, 0.15) is 0 Å². The van der Waals surface area contributed by atoms with Crippen LogP contribution in [-0.2, 0) is 11.8 Å². The summed E-state index contributed by atoms with van der Waals surface area (Å²) < 4.78 is 8.03. The van der Waals surface area contributed by atoms with Crippen LogP contribution >= 0.6 is 0 Å². The van der Waals surface area contributed by atoms with E-state index < -0.39 is 0 Å². The van der Waals surface area contributed by atoms with E-state index in [1.54, 1.807) is 0 Å². The predicted molar refractivity (Wildman–Crippen MR) is 110 cm³/mol. The molecule has 3 unspecified atom stereocenters. The molecule has 6 heteroatoms. The summed E-state index contributed by atoms with van der Waals surface area (Å²) in [7, 11) is 1.99. The highest BCUT2D eigenvalue weighted by Gasteiger charge is 2.35. The van der Waals surface area contributed by atoms with Crippen LogP contribution in [0.5, 0.6) is 0 Å². The van der Waals surface area contributed by atoms with E-state index in [0.717, 1.165) is 51.6 Å². The van der Waals surface area contributed by atoms with Gasteiger partial charge < -0.3 is 15.0 Å². The highest BCUT2D eigenvalue weighted by molar-refractivity contribution is 5.80. The predicted octanol–water partition coefficient (Wildman–Crippen LogP) is 3.02. The first-order valence-corrected chi connectivity index (χ1v) is 10.5. The van der Waals surface area contributed by atoms with Crippen molar-refractivity contribution >= 4 is 5.96 Å². The normalized spacial score (nSPS) is 27.2. The van der Waals surface area contributed by atoms with Crippen molar-refractivity contribution in [3.63, 3.8) is 0 Å². The molecule has 2 fully saturated rings. The Kier molecular flexibility index (Phi) is 6.45. The molecular weight excluding hydrogens is 338 g/mol. The fourth-order valence-electron chi connectivity index (χ4n) is 4.49. The van der Waals surface area contributed by atoms with E-state index in [9.17, 15) is 0 Å². The molecule has 3 atom stereocenters. The van der Waals surface area contributed by atoms with E-state index in [1.807, 2.05) is 17.9 Å². The zero-order chi connectivity index (χ0) is 19.4. The van der Waals surface area contributed by atoms with Gasteiger partial charge in [-0.1, -0.05) is 20.8 Å². The monoisotopic (exact) mass is 375 g/mol. The van der Waals surface area contributed by atoms with Gasteiger partial charge in [0.2, 0.25) is 0 Å². The molecule has 0 aliphatic carbocycles. The molecule has 0 bridgehead atoms. The van der Waals surface area contributed by atoms with Crippen molar-refractivity contribution in [3.8, 4) is 0 Å². The molecule has 3 heterocycles. The third-order valence-electron chi connectivity index (χ3n) is 5.79. The highest BCUT2D eigenvalue weighted by atomic mass is 16.5. The Labute approximate surface area is 164 Å². The average molecular weight is 376 g/mol. The van der Waals surface area contributed by atoms with Gasteiger partial charge in [0.05, 0.1) is 12.3 Å². The lowest BCUT2D eigenvalue weighted by atomic mass is 9.78. The maximum absolute atomic E-state index is 6.14. The number of nitrogens with one attached hydrogen (secondary N) is 1. The Bertz CT molecular complexity index is 633. The molecule has 0 radical (unpaired) electrons. The van der Waals surface area contributed by atoms with Crippen LogP contribution in [0.3, 0.4) is 0 Å². The summed E-state index contributed by atoms with van der Waals surface area (Å²) in [6.45, 7) is 13.7. The number of aryl methyl sites for hydroxylation is 1. The summed E-state index contributed by atoms with van der Waals surface area (Å²) in [5.41, 5.74) is 1.50. The second-order valence-corrected chi connectivity index (χ2v) is 9.13. The molecule has 3 rings (SSSR count). The largest absolute Gasteiger partial charge is 0.377 e. The minimum absolute atomic E-state index is 0.165. The van der Waals surface area contributed by atoms with E-state index in [2.05, 4.69) is 49.2 Å². The third-order valence-corrected chi connectivity index (χ3v) is 5.79. The molecule has 0 spiro atoms. The van der Waals surface area contributed by atoms with Gasteiger partial charge in [-0.3, -0.25) is 9.67 Å². The van der Waals surface area contributed by atoms with Crippen LogP contribution in [0, 0.1) is 11.3 Å². The minimum Gasteiger partial charge on any atom is -0.377 e. The lowest BCUT2D eigenvalue weighted by Crippen LogP contribution is -2.43. The Morgan fingerprint density at radius 1 is 1.37 bits per heavy atom. The second kappa shape index (κ2) is 8.63. The van der Waals surface area contributed by atoms with Crippen LogP contribution in [0.4, 0.5) is 0 Å². The molecule has 2 saturated heterocycles. The smallest absolute Gasteiger partial charge is 0.193 e. The average Bonchev–Trinajstić information content (AvgIpc) is 3.27. The van der Waals surface area contributed by atoms with Crippen molar-refractivity contribution in [2.45, 2.75) is 59.0 Å². The fraction of sp³-hybridized carbons (Fsp3) is 0.810. The van der Waals surface area contributed by atoms with E-state index in [4.69, 9.17) is 9.73 Å². The molecule has 0 amide bonds. The van der Waals surface area contributed by atoms with Crippen molar-refractivity contribution in [3.05, 3.63) is 18.0 Å². The van der Waals surface area contributed by atoms with Gasteiger partial charge in [-0.15, -0.1) is 0 Å². The van der Waals surface area contributed by atoms with Gasteiger partial charge in [0, 0.05) is 57.9 Å². The topological polar surface area (TPSA) is 54.7 Å². The van der Waals surface area contributed by atoms with Crippen molar-refractivity contribution < 1.29 is 4.74 Å². The van der Waals surface area contributed by atoms with Crippen LogP contribution in [0.1, 0.15) is 58.4 Å². The molecule has 0 aromatic carbocycles. The molecular formula is C21H37N5O. The number of nitrogens with zero attached hydrogens (tertiary/aromatic N) is 4. The Morgan fingerprint density at radius 2 is 2.19 bits per heavy atom. The molecule has 2 aliphatic heterocycles. The molecule has 1 N–H and O–H groups in total. The van der Waals surface area contributed by atoms with Crippen LogP contribution in [0.2, 0.25) is 0 Å². The van der Waals surface area contributed by atoms with Gasteiger partial charge in [-0.2, -0.15) is 5.10 Å². The van der Waals surface area contributed by atoms with Crippen molar-refractivity contribution in [2.75, 3.05) is 32.8 Å². The number of rotatable bonds is 4. The second-order valence-electron chi connectivity index (χ2n) is 9.13. The maximum atomic E-state index is 6.14. The van der Waals surface area contributed by atoms with Crippen LogP contribution in [0.15, 0.2) is 17.4 Å². The van der Waals surface area contributed by atoms with Gasteiger partial charge in [0.15, 0.2) is 5.96 Å². The van der Waals surface area contributed by atoms with Crippen molar-refractivity contribution in [2.24, 2.45) is 23.4 Å². The molecule has 1 aromatic rings. The highest BCUT2D eigenvalue weighted by Crippen LogP contribution is 2.34. The van der Waals surface area contributed by atoms with E-state index in [0.29, 0.717) is 17.9 Å². The molecule has 2 aliphatic rings. The molecule has 1 aromatic heterocycles. The van der Waals surface area contributed by atoms with Crippen molar-refractivity contribution in [1.82, 2.24) is 20.0 Å². The van der Waals surface area contributed by atoms with Gasteiger partial charge in [0.25, 0.3) is 0 Å². The SMILES string of the molecule is CCNC(=NCC1CCCOC1C(C)(C)C)N1CCC(c2cnn(C)c2)C1. The number of likely N-dealkylation sites (tertiary alicyclic amines) is 1. The molecule has 27 heavy (non-hydrogen) atoms. The van der Waals surface area contributed by atoms with Crippen LogP contribution < -0.4 is 5.32 Å². The summed E-state index contributed by atoms with van der Waals surface area (Å²) >= 11 is 0. The Balaban J connectivity index is 1.66. The van der Waals surface area contributed by atoms with E-state index >= 15 is 0 Å². The number of hydrogen-bond acceptors (Lipinski definition) is 3. The fourth-order valence-corrected chi connectivity index (χ4v) is 4.49. The summed E-state index contributed by atoms with van der Waals surface area (Å²) in [6.07, 6.45) is 7.96. The number of aliphatic imine (C=N–C) groups is 1. The quantitative estimate of drug-likeness (QED) is 0.649. The van der Waals surface area contributed by atoms with Crippen LogP contribution in [0.25, 0.3) is 0 Å². The first-order valence-electron chi connectivity index (χ1n) is 10.5. The number of guanidine groups is 1. The summed E-state index contributed by atoms with van der Waals surface area (Å²) in [5.74, 6) is 2.11. The standard InChI is InChI=1S/C21H37N5O/c1-6-22-20(23-12-16-8-7-11-27-19(16)21(2,3)4)26-10-9-17(15-26)18-13-24-25(5)14-18/h13-14,16-17,19H,6-12,15H2,1-5H3,(H,22,23). The molecule has 6 nitrogen and oxygen atoms in total. The maximum Gasteiger partial charge on any atom is 0.193 e. The van der Waals surface area contributed by atoms with E-state index in [-0.39, 0.29) is 5.41 Å². The number of ether oxygens (including phenoxy) is 1. The van der Waals surface area contributed by atoms with Gasteiger partial charge in [-0.05, 0) is 37.2 Å². The van der Waals surface area contributed by atoms with Gasteiger partial charge in [-0.25, -0.2) is 0 Å². The first-order chi connectivity index (χ1) is 12.9.